The molecule has 1 aliphatic rings. The van der Waals surface area contributed by atoms with Crippen LogP contribution in [0.15, 0.2) is 18.2 Å². The van der Waals surface area contributed by atoms with Gasteiger partial charge in [0.25, 0.3) is 0 Å². The Kier molecular flexibility index (Phi) is 4.17. The quantitative estimate of drug-likeness (QED) is 0.822. The summed E-state index contributed by atoms with van der Waals surface area (Å²) >= 11 is 0. The Morgan fingerprint density at radius 2 is 2.15 bits per heavy atom. The lowest BCUT2D eigenvalue weighted by atomic mass is 10.0. The minimum atomic E-state index is -4.45. The molecule has 20 heavy (non-hydrogen) atoms. The van der Waals surface area contributed by atoms with Gasteiger partial charge in [-0.15, -0.1) is 0 Å². The maximum Gasteiger partial charge on any atom is 0.416 e. The largest absolute Gasteiger partial charge is 0.416 e. The number of carbonyl (C=O) groups is 1. The lowest BCUT2D eigenvalue weighted by Crippen LogP contribution is -2.30. The van der Waals surface area contributed by atoms with Crippen molar-refractivity contribution in [3.63, 3.8) is 0 Å². The van der Waals surface area contributed by atoms with Crippen LogP contribution in [0.25, 0.3) is 0 Å². The van der Waals surface area contributed by atoms with E-state index in [1.165, 1.54) is 6.07 Å². The average Bonchev–Trinajstić information content (AvgIpc) is 2.41. The van der Waals surface area contributed by atoms with E-state index in [2.05, 4.69) is 5.32 Å². The van der Waals surface area contributed by atoms with E-state index < -0.39 is 11.7 Å². The van der Waals surface area contributed by atoms with Crippen LogP contribution in [-0.4, -0.2) is 19.1 Å². The Morgan fingerprint density at radius 3 is 2.70 bits per heavy atom. The molecule has 3 N–H and O–H groups in total. The van der Waals surface area contributed by atoms with Gasteiger partial charge < -0.3 is 15.8 Å². The summed E-state index contributed by atoms with van der Waals surface area (Å²) in [4.78, 5) is 11.9. The third kappa shape index (κ3) is 3.41. The van der Waals surface area contributed by atoms with Crippen molar-refractivity contribution in [2.24, 2.45) is 5.92 Å². The molecule has 0 saturated carbocycles. The molecular formula is C13H15F3N2O2. The molecule has 7 heteroatoms. The van der Waals surface area contributed by atoms with E-state index in [-0.39, 0.29) is 23.2 Å². The highest BCUT2D eigenvalue weighted by molar-refractivity contribution is 5.95. The normalized spacial score (nSPS) is 19.6. The number of hydrogen-bond acceptors (Lipinski definition) is 3. The second-order valence-electron chi connectivity index (χ2n) is 4.70. The van der Waals surface area contributed by atoms with Gasteiger partial charge in [0.2, 0.25) is 5.91 Å². The van der Waals surface area contributed by atoms with Gasteiger partial charge in [0.15, 0.2) is 0 Å². The molecule has 0 aliphatic carbocycles. The number of amides is 1. The fraction of sp³-hybridized carbons (Fsp3) is 0.462. The number of ether oxygens (including phenoxy) is 1. The van der Waals surface area contributed by atoms with E-state index in [9.17, 15) is 18.0 Å². The molecule has 1 atom stereocenters. The molecular weight excluding hydrogens is 273 g/mol. The second-order valence-corrected chi connectivity index (χ2v) is 4.70. The van der Waals surface area contributed by atoms with Crippen LogP contribution < -0.4 is 11.1 Å². The molecule has 0 aromatic heterocycles. The number of alkyl halides is 3. The van der Waals surface area contributed by atoms with Gasteiger partial charge in [0, 0.05) is 6.61 Å². The van der Waals surface area contributed by atoms with Crippen molar-refractivity contribution in [1.82, 2.24) is 0 Å². The summed E-state index contributed by atoms with van der Waals surface area (Å²) < 4.78 is 42.7. The predicted octanol–water partition coefficient (Wildman–Crippen LogP) is 2.65. The van der Waals surface area contributed by atoms with E-state index in [1.54, 1.807) is 0 Å². The van der Waals surface area contributed by atoms with Crippen molar-refractivity contribution < 1.29 is 22.7 Å². The fourth-order valence-electron chi connectivity index (χ4n) is 2.04. The zero-order valence-electron chi connectivity index (χ0n) is 10.7. The summed E-state index contributed by atoms with van der Waals surface area (Å²) in [7, 11) is 0. The second kappa shape index (κ2) is 5.70. The highest BCUT2D eigenvalue weighted by atomic mass is 19.4. The summed E-state index contributed by atoms with van der Waals surface area (Å²) in [6, 6.07) is 2.87. The SMILES string of the molecule is Nc1cc(C(F)(F)F)ccc1NC(=O)C1CCCOC1. The summed E-state index contributed by atoms with van der Waals surface area (Å²) in [6.45, 7) is 0.957. The van der Waals surface area contributed by atoms with Gasteiger partial charge in [-0.05, 0) is 31.0 Å². The maximum absolute atomic E-state index is 12.5. The molecule has 0 bridgehead atoms. The van der Waals surface area contributed by atoms with Crippen molar-refractivity contribution in [2.75, 3.05) is 24.3 Å². The minimum Gasteiger partial charge on any atom is -0.397 e. The fourth-order valence-corrected chi connectivity index (χ4v) is 2.04. The number of rotatable bonds is 2. The number of carbonyl (C=O) groups excluding carboxylic acids is 1. The van der Waals surface area contributed by atoms with Crippen molar-refractivity contribution in [3.8, 4) is 0 Å². The Morgan fingerprint density at radius 1 is 1.40 bits per heavy atom. The van der Waals surface area contributed by atoms with Gasteiger partial charge in [-0.3, -0.25) is 4.79 Å². The van der Waals surface area contributed by atoms with Crippen LogP contribution >= 0.6 is 0 Å². The third-order valence-corrected chi connectivity index (χ3v) is 3.17. The van der Waals surface area contributed by atoms with Crippen LogP contribution in [0.1, 0.15) is 18.4 Å². The van der Waals surface area contributed by atoms with Crippen LogP contribution in [0.5, 0.6) is 0 Å². The molecule has 110 valence electrons. The number of benzene rings is 1. The topological polar surface area (TPSA) is 64.3 Å². The lowest BCUT2D eigenvalue weighted by molar-refractivity contribution is -0.137. The molecule has 1 aromatic rings. The van der Waals surface area contributed by atoms with E-state index in [1.807, 2.05) is 0 Å². The van der Waals surface area contributed by atoms with Gasteiger partial charge in [-0.1, -0.05) is 0 Å². The summed E-state index contributed by atoms with van der Waals surface area (Å²) in [5.41, 5.74) is 4.79. The predicted molar refractivity (Wildman–Crippen MR) is 68.0 cm³/mol. The molecule has 1 amide bonds. The van der Waals surface area contributed by atoms with Gasteiger partial charge in [-0.2, -0.15) is 13.2 Å². The van der Waals surface area contributed by atoms with E-state index in [0.29, 0.717) is 19.6 Å². The monoisotopic (exact) mass is 288 g/mol. The summed E-state index contributed by atoms with van der Waals surface area (Å²) in [5.74, 6) is -0.568. The first-order valence-electron chi connectivity index (χ1n) is 6.23. The first-order chi connectivity index (χ1) is 9.38. The van der Waals surface area contributed by atoms with Crippen LogP contribution in [0.4, 0.5) is 24.5 Å². The highest BCUT2D eigenvalue weighted by Gasteiger charge is 2.31. The van der Waals surface area contributed by atoms with Crippen LogP contribution in [0.3, 0.4) is 0 Å². The molecule has 2 rings (SSSR count). The van der Waals surface area contributed by atoms with Gasteiger partial charge in [0.05, 0.1) is 29.5 Å². The molecule has 0 radical (unpaired) electrons. The number of anilines is 2. The standard InChI is InChI=1S/C13H15F3N2O2/c14-13(15,16)9-3-4-11(10(17)6-9)18-12(19)8-2-1-5-20-7-8/h3-4,6,8H,1-2,5,7,17H2,(H,18,19). The van der Waals surface area contributed by atoms with Crippen LogP contribution in [0.2, 0.25) is 0 Å². The lowest BCUT2D eigenvalue weighted by Gasteiger charge is -2.21. The van der Waals surface area contributed by atoms with Crippen molar-refractivity contribution in [2.45, 2.75) is 19.0 Å². The van der Waals surface area contributed by atoms with Crippen LogP contribution in [-0.2, 0) is 15.7 Å². The molecule has 1 fully saturated rings. The zero-order chi connectivity index (χ0) is 14.8. The first-order valence-corrected chi connectivity index (χ1v) is 6.23. The summed E-state index contributed by atoms with van der Waals surface area (Å²) in [5, 5.41) is 2.55. The zero-order valence-corrected chi connectivity index (χ0v) is 10.7. The van der Waals surface area contributed by atoms with E-state index >= 15 is 0 Å². The highest BCUT2D eigenvalue weighted by Crippen LogP contribution is 2.33. The summed E-state index contributed by atoms with van der Waals surface area (Å²) in [6.07, 6.45) is -2.96. The number of nitrogens with one attached hydrogen (secondary N) is 1. The molecule has 1 aromatic carbocycles. The molecule has 0 spiro atoms. The molecule has 1 unspecified atom stereocenters. The Labute approximate surface area is 114 Å². The third-order valence-electron chi connectivity index (χ3n) is 3.17. The molecule has 1 aliphatic heterocycles. The molecule has 4 nitrogen and oxygen atoms in total. The maximum atomic E-state index is 12.5. The minimum absolute atomic E-state index is 0.107. The van der Waals surface area contributed by atoms with Crippen LogP contribution in [0, 0.1) is 5.92 Å². The Balaban J connectivity index is 2.08. The number of nitrogens with two attached hydrogens (primary N) is 1. The molecule has 1 heterocycles. The van der Waals surface area contributed by atoms with Crippen molar-refractivity contribution in [3.05, 3.63) is 23.8 Å². The van der Waals surface area contributed by atoms with Gasteiger partial charge in [-0.25, -0.2) is 0 Å². The van der Waals surface area contributed by atoms with Crippen molar-refractivity contribution in [1.29, 1.82) is 0 Å². The number of halogens is 3. The van der Waals surface area contributed by atoms with Gasteiger partial charge >= 0.3 is 6.18 Å². The van der Waals surface area contributed by atoms with Gasteiger partial charge in [0.1, 0.15) is 0 Å². The smallest absolute Gasteiger partial charge is 0.397 e. The number of hydrogen-bond donors (Lipinski definition) is 2. The molecule has 1 saturated heterocycles. The van der Waals surface area contributed by atoms with Crippen molar-refractivity contribution >= 4 is 17.3 Å². The van der Waals surface area contributed by atoms with E-state index in [4.69, 9.17) is 10.5 Å². The Bertz CT molecular complexity index is 497. The number of nitrogen functional groups attached to an aromatic ring is 1. The average molecular weight is 288 g/mol. The van der Waals surface area contributed by atoms with E-state index in [0.717, 1.165) is 18.6 Å². The first kappa shape index (κ1) is 14.6. The Hall–Kier alpha value is -1.76.